The first kappa shape index (κ1) is 22.4. The first-order valence-corrected chi connectivity index (χ1v) is 8.53. The fourth-order valence-electron chi connectivity index (χ4n) is 1.87. The predicted molar refractivity (Wildman–Crippen MR) is 102 cm³/mol. The van der Waals surface area contributed by atoms with Crippen molar-refractivity contribution in [3.05, 3.63) is 48.5 Å². The average molecular weight is 344 g/mol. The van der Waals surface area contributed by atoms with E-state index in [4.69, 9.17) is 9.47 Å². The molecule has 4 nitrogen and oxygen atoms in total. The molecule has 136 valence electrons. The second-order valence-electron chi connectivity index (χ2n) is 4.61. The van der Waals surface area contributed by atoms with Crippen LogP contribution in [0.5, 0.6) is 11.5 Å². The molecule has 0 unspecified atom stereocenters. The van der Waals surface area contributed by atoms with Crippen molar-refractivity contribution >= 4 is 11.8 Å². The molecule has 0 fully saturated rings. The standard InChI is InChI=1S/C17H16O4.2C2H6/c1-12(18)11-17(19)21-16-9-5-14(6-10-16)13-3-7-15(20-2)8-4-13;2*1-2/h3-10H,11H2,1-2H3;2*1-2H3. The van der Waals surface area contributed by atoms with Crippen molar-refractivity contribution in [2.75, 3.05) is 7.11 Å². The third-order valence-electron chi connectivity index (χ3n) is 2.90. The number of ether oxygens (including phenoxy) is 2. The molecule has 2 aromatic carbocycles. The van der Waals surface area contributed by atoms with Gasteiger partial charge in [0.05, 0.1) is 7.11 Å². The van der Waals surface area contributed by atoms with E-state index >= 15 is 0 Å². The Balaban J connectivity index is 0.00000134. The quantitative estimate of drug-likeness (QED) is 0.419. The summed E-state index contributed by atoms with van der Waals surface area (Å²) >= 11 is 0. The molecule has 0 aliphatic carbocycles. The Morgan fingerprint density at radius 2 is 1.16 bits per heavy atom. The predicted octanol–water partition coefficient (Wildman–Crippen LogP) is 5.30. The molecule has 0 aromatic heterocycles. The van der Waals surface area contributed by atoms with Gasteiger partial charge in [-0.3, -0.25) is 9.59 Å². The summed E-state index contributed by atoms with van der Waals surface area (Å²) in [5.41, 5.74) is 2.04. The van der Waals surface area contributed by atoms with Crippen molar-refractivity contribution in [2.24, 2.45) is 0 Å². The van der Waals surface area contributed by atoms with Gasteiger partial charge in [0.1, 0.15) is 23.7 Å². The van der Waals surface area contributed by atoms with E-state index in [9.17, 15) is 9.59 Å². The lowest BCUT2D eigenvalue weighted by atomic mass is 10.1. The zero-order chi connectivity index (χ0) is 19.2. The molecule has 0 aliphatic rings. The van der Waals surface area contributed by atoms with Crippen LogP contribution in [0.25, 0.3) is 11.1 Å². The van der Waals surface area contributed by atoms with E-state index < -0.39 is 5.97 Å². The SMILES string of the molecule is CC.CC.COc1ccc(-c2ccc(OC(=O)CC(C)=O)cc2)cc1. The molecule has 0 N–H and O–H groups in total. The summed E-state index contributed by atoms with van der Waals surface area (Å²) in [5.74, 6) is 0.474. The van der Waals surface area contributed by atoms with Crippen molar-refractivity contribution in [2.45, 2.75) is 41.0 Å². The van der Waals surface area contributed by atoms with Crippen LogP contribution in [-0.4, -0.2) is 18.9 Å². The number of Topliss-reactive ketones (excluding diaryl/α,β-unsaturated/α-hetero) is 1. The average Bonchev–Trinajstić information content (AvgIpc) is 2.65. The fraction of sp³-hybridized carbons (Fsp3) is 0.333. The number of rotatable bonds is 5. The second kappa shape index (κ2) is 12.8. The van der Waals surface area contributed by atoms with Crippen LogP contribution in [0.2, 0.25) is 0 Å². The molecule has 25 heavy (non-hydrogen) atoms. The lowest BCUT2D eigenvalue weighted by molar-refractivity contribution is -0.137. The third-order valence-corrected chi connectivity index (χ3v) is 2.90. The van der Waals surface area contributed by atoms with Crippen LogP contribution in [0.15, 0.2) is 48.5 Å². The van der Waals surface area contributed by atoms with Crippen LogP contribution in [0.1, 0.15) is 41.0 Å². The summed E-state index contributed by atoms with van der Waals surface area (Å²) in [7, 11) is 1.62. The first-order valence-electron chi connectivity index (χ1n) is 8.53. The van der Waals surface area contributed by atoms with Gasteiger partial charge in [-0.2, -0.15) is 0 Å². The summed E-state index contributed by atoms with van der Waals surface area (Å²) in [6.45, 7) is 9.36. The molecule has 0 spiro atoms. The zero-order valence-electron chi connectivity index (χ0n) is 16.0. The van der Waals surface area contributed by atoms with E-state index in [1.807, 2.05) is 64.1 Å². The van der Waals surface area contributed by atoms with E-state index in [0.29, 0.717) is 5.75 Å². The first-order chi connectivity index (χ1) is 12.1. The highest BCUT2D eigenvalue weighted by atomic mass is 16.5. The van der Waals surface area contributed by atoms with E-state index in [-0.39, 0.29) is 12.2 Å². The van der Waals surface area contributed by atoms with Gasteiger partial charge in [0.25, 0.3) is 0 Å². The van der Waals surface area contributed by atoms with Crippen LogP contribution >= 0.6 is 0 Å². The fourth-order valence-corrected chi connectivity index (χ4v) is 1.87. The number of hydrogen-bond donors (Lipinski definition) is 0. The Kier molecular flexibility index (Phi) is 11.4. The van der Waals surface area contributed by atoms with Crippen molar-refractivity contribution in [3.8, 4) is 22.6 Å². The van der Waals surface area contributed by atoms with E-state index in [2.05, 4.69) is 0 Å². The van der Waals surface area contributed by atoms with Crippen molar-refractivity contribution in [3.63, 3.8) is 0 Å². The van der Waals surface area contributed by atoms with Crippen LogP contribution in [-0.2, 0) is 9.59 Å². The van der Waals surface area contributed by atoms with Crippen LogP contribution in [0, 0.1) is 0 Å². The number of hydrogen-bond acceptors (Lipinski definition) is 4. The summed E-state index contributed by atoms with van der Waals surface area (Å²) in [6.07, 6.45) is -0.208. The maximum absolute atomic E-state index is 11.4. The molecule has 2 aromatic rings. The van der Waals surface area contributed by atoms with Gasteiger partial charge in [-0.15, -0.1) is 0 Å². The molecule has 0 radical (unpaired) electrons. The Morgan fingerprint density at radius 1 is 0.760 bits per heavy atom. The summed E-state index contributed by atoms with van der Waals surface area (Å²) in [6, 6.07) is 14.8. The maximum Gasteiger partial charge on any atom is 0.318 e. The topological polar surface area (TPSA) is 52.6 Å². The minimum Gasteiger partial charge on any atom is -0.497 e. The summed E-state index contributed by atoms with van der Waals surface area (Å²) < 4.78 is 10.2. The largest absolute Gasteiger partial charge is 0.497 e. The molecule has 2 rings (SSSR count). The number of carbonyl (C=O) groups excluding carboxylic acids is 2. The van der Waals surface area contributed by atoms with Gasteiger partial charge in [-0.25, -0.2) is 0 Å². The van der Waals surface area contributed by atoms with Crippen molar-refractivity contribution in [1.29, 1.82) is 0 Å². The summed E-state index contributed by atoms with van der Waals surface area (Å²) in [4.78, 5) is 22.2. The van der Waals surface area contributed by atoms with Gasteiger partial charge in [0.15, 0.2) is 0 Å². The minimum absolute atomic E-state index is 0.208. The van der Waals surface area contributed by atoms with Gasteiger partial charge in [0, 0.05) is 0 Å². The lowest BCUT2D eigenvalue weighted by Gasteiger charge is -2.06. The molecular formula is C21H28O4. The van der Waals surface area contributed by atoms with Crippen LogP contribution in [0.3, 0.4) is 0 Å². The number of methoxy groups -OCH3 is 1. The van der Waals surface area contributed by atoms with Gasteiger partial charge in [-0.05, 0) is 42.3 Å². The Labute approximate surface area is 150 Å². The summed E-state index contributed by atoms with van der Waals surface area (Å²) in [5, 5.41) is 0. The molecule has 4 heteroatoms. The number of benzene rings is 2. The molecule has 0 aliphatic heterocycles. The molecule has 0 atom stereocenters. The highest BCUT2D eigenvalue weighted by Gasteiger charge is 2.08. The highest BCUT2D eigenvalue weighted by molar-refractivity contribution is 5.94. The van der Waals surface area contributed by atoms with Crippen molar-refractivity contribution in [1.82, 2.24) is 0 Å². The second-order valence-corrected chi connectivity index (χ2v) is 4.61. The Hall–Kier alpha value is -2.62. The minimum atomic E-state index is -0.542. The molecule has 0 amide bonds. The van der Waals surface area contributed by atoms with Gasteiger partial charge in [0.2, 0.25) is 0 Å². The Bertz CT molecular complexity index is 628. The third kappa shape index (κ3) is 8.15. The number of esters is 1. The van der Waals surface area contributed by atoms with Crippen LogP contribution in [0.4, 0.5) is 0 Å². The molecule has 0 heterocycles. The zero-order valence-corrected chi connectivity index (χ0v) is 16.0. The molecular weight excluding hydrogens is 316 g/mol. The molecule has 0 bridgehead atoms. The normalized spacial score (nSPS) is 8.88. The number of carbonyl (C=O) groups is 2. The smallest absolute Gasteiger partial charge is 0.318 e. The van der Waals surface area contributed by atoms with Gasteiger partial charge in [-0.1, -0.05) is 52.0 Å². The highest BCUT2D eigenvalue weighted by Crippen LogP contribution is 2.24. The Morgan fingerprint density at radius 3 is 1.52 bits per heavy atom. The maximum atomic E-state index is 11.4. The van der Waals surface area contributed by atoms with Gasteiger partial charge >= 0.3 is 5.97 Å². The van der Waals surface area contributed by atoms with Crippen molar-refractivity contribution < 1.29 is 19.1 Å². The monoisotopic (exact) mass is 344 g/mol. The van der Waals surface area contributed by atoms with E-state index in [1.54, 1.807) is 19.2 Å². The lowest BCUT2D eigenvalue weighted by Crippen LogP contribution is -2.11. The van der Waals surface area contributed by atoms with E-state index in [0.717, 1.165) is 16.9 Å². The molecule has 0 saturated carbocycles. The van der Waals surface area contributed by atoms with Crippen LogP contribution < -0.4 is 9.47 Å². The number of ketones is 1. The molecule has 0 saturated heterocycles. The van der Waals surface area contributed by atoms with E-state index in [1.165, 1.54) is 6.92 Å². The van der Waals surface area contributed by atoms with Gasteiger partial charge < -0.3 is 9.47 Å².